The van der Waals surface area contributed by atoms with E-state index in [1.54, 1.807) is 6.07 Å². The van der Waals surface area contributed by atoms with E-state index in [4.69, 9.17) is 5.26 Å². The van der Waals surface area contributed by atoms with E-state index in [1.807, 2.05) is 12.1 Å². The summed E-state index contributed by atoms with van der Waals surface area (Å²) in [5.74, 6) is 0.852. The molecule has 1 aromatic heterocycles. The SMILES string of the molecule is N#Cc1ccc(NCCc2ncn[nH]2)cc1Br. The summed E-state index contributed by atoms with van der Waals surface area (Å²) in [5.41, 5.74) is 1.60. The molecule has 0 amide bonds. The minimum Gasteiger partial charge on any atom is -0.385 e. The third-order valence-corrected chi connectivity index (χ3v) is 2.90. The van der Waals surface area contributed by atoms with Crippen molar-refractivity contribution in [2.24, 2.45) is 0 Å². The molecule has 86 valence electrons. The van der Waals surface area contributed by atoms with Gasteiger partial charge in [0.25, 0.3) is 0 Å². The summed E-state index contributed by atoms with van der Waals surface area (Å²) in [6.07, 6.45) is 2.27. The molecule has 1 heterocycles. The molecule has 0 aliphatic carbocycles. The number of hydrogen-bond donors (Lipinski definition) is 2. The molecule has 0 fully saturated rings. The van der Waals surface area contributed by atoms with Crippen molar-refractivity contribution >= 4 is 21.6 Å². The number of H-pyrrole nitrogens is 1. The second-order valence-corrected chi connectivity index (χ2v) is 4.27. The summed E-state index contributed by atoms with van der Waals surface area (Å²) in [6, 6.07) is 7.65. The molecule has 17 heavy (non-hydrogen) atoms. The quantitative estimate of drug-likeness (QED) is 0.904. The fourth-order valence-electron chi connectivity index (χ4n) is 1.39. The molecule has 0 aliphatic heterocycles. The van der Waals surface area contributed by atoms with Gasteiger partial charge < -0.3 is 5.32 Å². The number of halogens is 1. The van der Waals surface area contributed by atoms with Crippen molar-refractivity contribution in [3.63, 3.8) is 0 Å². The number of aromatic nitrogens is 3. The van der Waals surface area contributed by atoms with Gasteiger partial charge in [-0.25, -0.2) is 4.98 Å². The van der Waals surface area contributed by atoms with Gasteiger partial charge in [-0.2, -0.15) is 10.4 Å². The van der Waals surface area contributed by atoms with Crippen LogP contribution in [0.4, 0.5) is 5.69 Å². The predicted molar refractivity (Wildman–Crippen MR) is 67.4 cm³/mol. The third-order valence-electron chi connectivity index (χ3n) is 2.25. The summed E-state index contributed by atoms with van der Waals surface area (Å²) in [5, 5.41) is 18.6. The summed E-state index contributed by atoms with van der Waals surface area (Å²) in [4.78, 5) is 4.03. The second-order valence-electron chi connectivity index (χ2n) is 3.42. The molecule has 0 aliphatic rings. The molecule has 0 atom stereocenters. The van der Waals surface area contributed by atoms with Gasteiger partial charge in [-0.05, 0) is 34.1 Å². The van der Waals surface area contributed by atoms with Gasteiger partial charge in [-0.3, -0.25) is 5.10 Å². The topological polar surface area (TPSA) is 77.4 Å². The molecule has 0 saturated carbocycles. The minimum absolute atomic E-state index is 0.630. The van der Waals surface area contributed by atoms with Gasteiger partial charge in [-0.1, -0.05) is 0 Å². The Labute approximate surface area is 107 Å². The number of nitriles is 1. The fourth-order valence-corrected chi connectivity index (χ4v) is 1.86. The molecule has 6 heteroatoms. The zero-order chi connectivity index (χ0) is 12.1. The van der Waals surface area contributed by atoms with Crippen LogP contribution in [0.15, 0.2) is 29.0 Å². The average molecular weight is 292 g/mol. The smallest absolute Gasteiger partial charge is 0.137 e. The third kappa shape index (κ3) is 3.04. The standard InChI is InChI=1S/C11H10BrN5/c12-10-5-9(2-1-8(10)6-13)14-4-3-11-15-7-16-17-11/h1-2,5,7,14H,3-4H2,(H,15,16,17). The van der Waals surface area contributed by atoms with Crippen LogP contribution < -0.4 is 5.32 Å². The van der Waals surface area contributed by atoms with Crippen LogP contribution in [0.3, 0.4) is 0 Å². The fraction of sp³-hybridized carbons (Fsp3) is 0.182. The van der Waals surface area contributed by atoms with E-state index < -0.39 is 0 Å². The highest BCUT2D eigenvalue weighted by atomic mass is 79.9. The number of anilines is 1. The van der Waals surface area contributed by atoms with Gasteiger partial charge >= 0.3 is 0 Å². The van der Waals surface area contributed by atoms with Crippen molar-refractivity contribution in [1.29, 1.82) is 5.26 Å². The van der Waals surface area contributed by atoms with Gasteiger partial charge in [0.1, 0.15) is 18.2 Å². The van der Waals surface area contributed by atoms with Crippen LogP contribution in [0.1, 0.15) is 11.4 Å². The minimum atomic E-state index is 0.630. The van der Waals surface area contributed by atoms with Crippen molar-refractivity contribution < 1.29 is 0 Å². The lowest BCUT2D eigenvalue weighted by atomic mass is 10.2. The molecule has 2 N–H and O–H groups in total. The van der Waals surface area contributed by atoms with E-state index in [1.165, 1.54) is 6.33 Å². The number of benzene rings is 1. The van der Waals surface area contributed by atoms with Crippen molar-refractivity contribution in [1.82, 2.24) is 15.2 Å². The van der Waals surface area contributed by atoms with Crippen molar-refractivity contribution in [2.75, 3.05) is 11.9 Å². The first-order valence-corrected chi connectivity index (χ1v) is 5.86. The normalized spacial score (nSPS) is 9.88. The monoisotopic (exact) mass is 291 g/mol. The van der Waals surface area contributed by atoms with Crippen LogP contribution in [0.5, 0.6) is 0 Å². The van der Waals surface area contributed by atoms with E-state index in [0.29, 0.717) is 5.56 Å². The highest BCUT2D eigenvalue weighted by Gasteiger charge is 2.00. The molecular weight excluding hydrogens is 282 g/mol. The first-order valence-electron chi connectivity index (χ1n) is 5.07. The number of aromatic amines is 1. The van der Waals surface area contributed by atoms with Gasteiger partial charge in [-0.15, -0.1) is 0 Å². The van der Waals surface area contributed by atoms with Crippen LogP contribution in [-0.2, 0) is 6.42 Å². The van der Waals surface area contributed by atoms with Crippen LogP contribution in [0, 0.1) is 11.3 Å². The maximum absolute atomic E-state index is 8.79. The van der Waals surface area contributed by atoms with Crippen molar-refractivity contribution in [2.45, 2.75) is 6.42 Å². The lowest BCUT2D eigenvalue weighted by molar-refractivity contribution is 0.901. The number of rotatable bonds is 4. The molecule has 0 radical (unpaired) electrons. The van der Waals surface area contributed by atoms with Gasteiger partial charge in [0.15, 0.2) is 0 Å². The van der Waals surface area contributed by atoms with E-state index in [-0.39, 0.29) is 0 Å². The molecule has 0 spiro atoms. The Morgan fingerprint density at radius 2 is 2.35 bits per heavy atom. The van der Waals surface area contributed by atoms with Crippen LogP contribution in [-0.4, -0.2) is 21.7 Å². The van der Waals surface area contributed by atoms with E-state index >= 15 is 0 Å². The molecular formula is C11H10BrN5. The summed E-state index contributed by atoms with van der Waals surface area (Å²) < 4.78 is 0.796. The Hall–Kier alpha value is -1.87. The zero-order valence-corrected chi connectivity index (χ0v) is 10.5. The zero-order valence-electron chi connectivity index (χ0n) is 8.94. The Kier molecular flexibility index (Phi) is 3.73. The van der Waals surface area contributed by atoms with Gasteiger partial charge in [0.05, 0.1) is 5.56 Å². The molecule has 2 aromatic rings. The second kappa shape index (κ2) is 5.46. The molecule has 5 nitrogen and oxygen atoms in total. The lowest BCUT2D eigenvalue weighted by Crippen LogP contribution is -2.06. The first-order chi connectivity index (χ1) is 8.29. The van der Waals surface area contributed by atoms with E-state index in [9.17, 15) is 0 Å². The molecule has 2 rings (SSSR count). The lowest BCUT2D eigenvalue weighted by Gasteiger charge is -2.06. The van der Waals surface area contributed by atoms with Gasteiger partial charge in [0.2, 0.25) is 0 Å². The van der Waals surface area contributed by atoms with Crippen LogP contribution in [0.2, 0.25) is 0 Å². The largest absolute Gasteiger partial charge is 0.385 e. The summed E-state index contributed by atoms with van der Waals surface area (Å²) >= 11 is 3.35. The summed E-state index contributed by atoms with van der Waals surface area (Å²) in [6.45, 7) is 0.757. The first kappa shape index (κ1) is 11.6. The van der Waals surface area contributed by atoms with Crippen molar-refractivity contribution in [3.8, 4) is 6.07 Å². The Bertz CT molecular complexity index is 529. The maximum atomic E-state index is 8.79. The Morgan fingerprint density at radius 1 is 1.47 bits per heavy atom. The number of nitrogens with zero attached hydrogens (tertiary/aromatic N) is 3. The van der Waals surface area contributed by atoms with E-state index in [0.717, 1.165) is 29.0 Å². The van der Waals surface area contributed by atoms with Crippen LogP contribution in [0.25, 0.3) is 0 Å². The predicted octanol–water partition coefficient (Wildman–Crippen LogP) is 2.09. The average Bonchev–Trinajstić information content (AvgIpc) is 2.82. The molecule has 0 saturated heterocycles. The van der Waals surface area contributed by atoms with Crippen molar-refractivity contribution in [3.05, 3.63) is 40.4 Å². The molecule has 0 bridgehead atoms. The number of nitrogens with one attached hydrogen (secondary N) is 2. The Balaban J connectivity index is 1.91. The Morgan fingerprint density at radius 3 is 3.00 bits per heavy atom. The molecule has 1 aromatic carbocycles. The van der Waals surface area contributed by atoms with E-state index in [2.05, 4.69) is 42.5 Å². The van der Waals surface area contributed by atoms with Gasteiger partial charge in [0, 0.05) is 23.1 Å². The summed E-state index contributed by atoms with van der Waals surface area (Å²) in [7, 11) is 0. The highest BCUT2D eigenvalue weighted by molar-refractivity contribution is 9.10. The maximum Gasteiger partial charge on any atom is 0.137 e. The number of hydrogen-bond acceptors (Lipinski definition) is 4. The van der Waals surface area contributed by atoms with Crippen LogP contribution >= 0.6 is 15.9 Å². The highest BCUT2D eigenvalue weighted by Crippen LogP contribution is 2.20. The molecule has 0 unspecified atom stereocenters.